The van der Waals surface area contributed by atoms with Gasteiger partial charge in [-0.25, -0.2) is 23.3 Å². The van der Waals surface area contributed by atoms with Crippen molar-refractivity contribution in [2.24, 2.45) is 0 Å². The van der Waals surface area contributed by atoms with E-state index in [-0.39, 0.29) is 6.54 Å². The Balaban J connectivity index is 1.69. The highest BCUT2D eigenvalue weighted by atomic mass is 32.1. The lowest BCUT2D eigenvalue weighted by molar-refractivity contribution is -0.117. The van der Waals surface area contributed by atoms with Gasteiger partial charge < -0.3 is 5.32 Å². The maximum atomic E-state index is 12.9. The van der Waals surface area contributed by atoms with Crippen LogP contribution in [0.25, 0.3) is 15.9 Å². The van der Waals surface area contributed by atoms with E-state index in [9.17, 15) is 14.0 Å². The zero-order valence-electron chi connectivity index (χ0n) is 14.0. The van der Waals surface area contributed by atoms with Crippen molar-refractivity contribution in [1.29, 1.82) is 0 Å². The number of fused-ring (bicyclic) bond motifs is 3. The summed E-state index contributed by atoms with van der Waals surface area (Å²) in [5, 5.41) is 7.76. The predicted octanol–water partition coefficient (Wildman–Crippen LogP) is 2.50. The molecule has 4 aromatic rings. The number of thiophene rings is 1. The van der Waals surface area contributed by atoms with Gasteiger partial charge in [0.1, 0.15) is 23.5 Å². The van der Waals surface area contributed by atoms with Gasteiger partial charge in [0.05, 0.1) is 5.39 Å². The lowest BCUT2D eigenvalue weighted by Gasteiger charge is -2.04. The Labute approximate surface area is 150 Å². The van der Waals surface area contributed by atoms with Gasteiger partial charge in [0.25, 0.3) is 0 Å². The molecule has 9 heteroatoms. The van der Waals surface area contributed by atoms with Crippen molar-refractivity contribution in [2.45, 2.75) is 20.4 Å². The van der Waals surface area contributed by atoms with Gasteiger partial charge in [-0.3, -0.25) is 4.79 Å². The van der Waals surface area contributed by atoms with Crippen molar-refractivity contribution >= 4 is 38.8 Å². The Hall–Kier alpha value is -3.07. The normalized spacial score (nSPS) is 11.3. The zero-order valence-corrected chi connectivity index (χ0v) is 14.8. The van der Waals surface area contributed by atoms with Crippen molar-refractivity contribution in [3.63, 3.8) is 0 Å². The van der Waals surface area contributed by atoms with Gasteiger partial charge in [0.15, 0.2) is 5.65 Å². The molecule has 0 spiro atoms. The number of halogens is 1. The van der Waals surface area contributed by atoms with Crippen LogP contribution in [0.1, 0.15) is 10.4 Å². The van der Waals surface area contributed by atoms with Crippen molar-refractivity contribution in [3.8, 4) is 0 Å². The third-order valence-corrected chi connectivity index (χ3v) is 5.29. The molecule has 0 saturated carbocycles. The minimum Gasteiger partial charge on any atom is -0.324 e. The number of aromatic nitrogens is 4. The number of amides is 1. The number of benzene rings is 1. The fraction of sp³-hybridized carbons (Fsp3) is 0.176. The first-order chi connectivity index (χ1) is 12.4. The van der Waals surface area contributed by atoms with Gasteiger partial charge in [-0.15, -0.1) is 16.4 Å². The largest absolute Gasteiger partial charge is 0.352 e. The summed E-state index contributed by atoms with van der Waals surface area (Å²) in [7, 11) is 0. The summed E-state index contributed by atoms with van der Waals surface area (Å²) in [6.45, 7) is 3.70. The van der Waals surface area contributed by atoms with E-state index in [1.165, 1.54) is 46.3 Å². The topological polar surface area (TPSA) is 81.3 Å². The molecule has 0 atom stereocenters. The van der Waals surface area contributed by atoms with Crippen molar-refractivity contribution in [2.75, 3.05) is 5.32 Å². The van der Waals surface area contributed by atoms with Crippen LogP contribution in [0.4, 0.5) is 10.1 Å². The molecule has 0 fully saturated rings. The van der Waals surface area contributed by atoms with Gasteiger partial charge >= 0.3 is 5.69 Å². The summed E-state index contributed by atoms with van der Waals surface area (Å²) < 4.78 is 15.4. The van der Waals surface area contributed by atoms with E-state index in [1.807, 2.05) is 13.8 Å². The Bertz CT molecular complexity index is 1210. The Kier molecular flexibility index (Phi) is 3.80. The molecule has 1 N–H and O–H groups in total. The van der Waals surface area contributed by atoms with Crippen LogP contribution in [-0.4, -0.2) is 25.1 Å². The smallest absolute Gasteiger partial charge is 0.324 e. The first-order valence-electron chi connectivity index (χ1n) is 7.83. The summed E-state index contributed by atoms with van der Waals surface area (Å²) in [4.78, 5) is 30.9. The van der Waals surface area contributed by atoms with E-state index < -0.39 is 17.4 Å². The molecule has 26 heavy (non-hydrogen) atoms. The highest BCUT2D eigenvalue weighted by Gasteiger charge is 2.17. The van der Waals surface area contributed by atoms with E-state index in [0.717, 1.165) is 25.3 Å². The molecule has 7 nitrogen and oxygen atoms in total. The van der Waals surface area contributed by atoms with Crippen LogP contribution in [0, 0.1) is 19.7 Å². The van der Waals surface area contributed by atoms with Crippen LogP contribution in [0.3, 0.4) is 0 Å². The van der Waals surface area contributed by atoms with E-state index >= 15 is 0 Å². The van der Waals surface area contributed by atoms with Crippen molar-refractivity contribution in [1.82, 2.24) is 19.2 Å². The number of anilines is 1. The molecular weight excluding hydrogens is 357 g/mol. The fourth-order valence-electron chi connectivity index (χ4n) is 2.74. The second-order valence-corrected chi connectivity index (χ2v) is 7.10. The predicted molar refractivity (Wildman–Crippen MR) is 97.1 cm³/mol. The van der Waals surface area contributed by atoms with Gasteiger partial charge in [0.2, 0.25) is 5.91 Å². The van der Waals surface area contributed by atoms with Crippen LogP contribution in [-0.2, 0) is 11.3 Å². The number of nitrogens with zero attached hydrogens (tertiary/aromatic N) is 4. The summed E-state index contributed by atoms with van der Waals surface area (Å²) >= 11 is 1.54. The van der Waals surface area contributed by atoms with Crippen LogP contribution in [0.2, 0.25) is 0 Å². The average molecular weight is 371 g/mol. The average Bonchev–Trinajstić information content (AvgIpc) is 3.07. The van der Waals surface area contributed by atoms with Gasteiger partial charge in [-0.2, -0.15) is 0 Å². The molecule has 0 radical (unpaired) electrons. The highest BCUT2D eigenvalue weighted by Crippen LogP contribution is 2.30. The van der Waals surface area contributed by atoms with Gasteiger partial charge in [0, 0.05) is 10.6 Å². The third kappa shape index (κ3) is 2.66. The number of nitrogens with one attached hydrogen (secondary N) is 1. The second kappa shape index (κ2) is 6.03. The summed E-state index contributed by atoms with van der Waals surface area (Å²) in [5.74, 6) is -0.818. The second-order valence-electron chi connectivity index (χ2n) is 5.90. The number of carbonyl (C=O) groups is 1. The molecule has 0 saturated heterocycles. The molecule has 0 aliphatic rings. The fourth-order valence-corrected chi connectivity index (χ4v) is 3.73. The summed E-state index contributed by atoms with van der Waals surface area (Å²) in [5.41, 5.74) is 1.51. The molecule has 0 bridgehead atoms. The number of rotatable bonds is 3. The van der Waals surface area contributed by atoms with Crippen molar-refractivity contribution < 1.29 is 9.18 Å². The van der Waals surface area contributed by atoms with Crippen LogP contribution in [0.15, 0.2) is 35.4 Å². The minimum absolute atomic E-state index is 0.248. The molecular formula is C17H14FN5O2S. The first-order valence-corrected chi connectivity index (χ1v) is 8.65. The lowest BCUT2D eigenvalue weighted by Crippen LogP contribution is -2.28. The molecule has 132 valence electrons. The molecule has 1 amide bonds. The standard InChI is InChI=1S/C17H14FN5O2S/c1-9-10(2)26-16-14(9)15-21-23(17(25)22(15)8-19-16)7-13(24)20-12-5-3-11(18)4-6-12/h3-6,8H,7H2,1-2H3,(H,20,24). The number of hydrogen-bond acceptors (Lipinski definition) is 5. The Morgan fingerprint density at radius 3 is 2.73 bits per heavy atom. The molecule has 3 heterocycles. The number of hydrogen-bond donors (Lipinski definition) is 1. The highest BCUT2D eigenvalue weighted by molar-refractivity contribution is 7.18. The maximum Gasteiger partial charge on any atom is 0.352 e. The van der Waals surface area contributed by atoms with E-state index in [4.69, 9.17) is 0 Å². The molecule has 3 aromatic heterocycles. The molecule has 0 unspecified atom stereocenters. The number of aryl methyl sites for hydroxylation is 2. The summed E-state index contributed by atoms with van der Waals surface area (Å²) in [6.07, 6.45) is 1.43. The molecule has 1 aromatic carbocycles. The molecule has 0 aliphatic carbocycles. The third-order valence-electron chi connectivity index (χ3n) is 4.17. The quantitative estimate of drug-likeness (QED) is 0.600. The SMILES string of the molecule is Cc1sc2ncn3c(=O)n(CC(=O)Nc4ccc(F)cc4)nc3c2c1C. The van der Waals surface area contributed by atoms with Crippen LogP contribution in [0.5, 0.6) is 0 Å². The Morgan fingerprint density at radius 1 is 1.27 bits per heavy atom. The van der Waals surface area contributed by atoms with Crippen LogP contribution < -0.4 is 11.0 Å². The molecule has 4 rings (SSSR count). The van der Waals surface area contributed by atoms with E-state index in [0.29, 0.717) is 11.3 Å². The minimum atomic E-state index is -0.438. The van der Waals surface area contributed by atoms with Gasteiger partial charge in [-0.1, -0.05) is 0 Å². The number of carbonyl (C=O) groups excluding carboxylic acids is 1. The maximum absolute atomic E-state index is 12.9. The first kappa shape index (κ1) is 16.4. The molecule has 0 aliphatic heterocycles. The monoisotopic (exact) mass is 371 g/mol. The summed E-state index contributed by atoms with van der Waals surface area (Å²) in [6, 6.07) is 5.39. The van der Waals surface area contributed by atoms with E-state index in [2.05, 4.69) is 15.4 Å². The lowest BCUT2D eigenvalue weighted by atomic mass is 10.2. The zero-order chi connectivity index (χ0) is 18.4. The van der Waals surface area contributed by atoms with Gasteiger partial charge in [-0.05, 0) is 43.7 Å². The van der Waals surface area contributed by atoms with Crippen LogP contribution >= 0.6 is 11.3 Å². The van der Waals surface area contributed by atoms with Crippen molar-refractivity contribution in [3.05, 3.63) is 57.3 Å². The Morgan fingerprint density at radius 2 is 2.00 bits per heavy atom. The van der Waals surface area contributed by atoms with E-state index in [1.54, 1.807) is 0 Å².